The molecule has 3 aliphatic heterocycles. The van der Waals surface area contributed by atoms with Gasteiger partial charge in [-0.1, -0.05) is 29.8 Å². The topological polar surface area (TPSA) is 141 Å². The number of amides is 2. The summed E-state index contributed by atoms with van der Waals surface area (Å²) in [4.78, 5) is 57.6. The molecule has 0 saturated carbocycles. The van der Waals surface area contributed by atoms with E-state index in [4.69, 9.17) is 21.3 Å². The average molecular weight is 702 g/mol. The van der Waals surface area contributed by atoms with E-state index in [0.29, 0.717) is 66.2 Å². The number of esters is 1. The third-order valence-corrected chi connectivity index (χ3v) is 9.83. The third kappa shape index (κ3) is 6.37. The van der Waals surface area contributed by atoms with Crippen LogP contribution in [-0.2, 0) is 9.53 Å². The molecule has 0 bridgehead atoms. The average Bonchev–Trinajstić information content (AvgIpc) is 3.76. The summed E-state index contributed by atoms with van der Waals surface area (Å²) in [6, 6.07) is 12.9. The minimum Gasteiger partial charge on any atom is -0.478 e. The number of nitrogens with zero attached hydrogens (tertiary/aromatic N) is 6. The van der Waals surface area contributed by atoms with Crippen molar-refractivity contribution in [1.29, 1.82) is 0 Å². The number of carboxylic acids is 1. The molecule has 5 heterocycles. The number of pyridine rings is 1. The molecule has 0 radical (unpaired) electrons. The fourth-order valence-corrected chi connectivity index (χ4v) is 7.21. The number of thiazole rings is 1. The highest BCUT2D eigenvalue weighted by Crippen LogP contribution is 2.37. The summed E-state index contributed by atoms with van der Waals surface area (Å²) in [5.41, 5.74) is 3.48. The number of carboxylic acid groups (broad SMARTS) is 1. The molecule has 2 unspecified atom stereocenters. The first-order chi connectivity index (χ1) is 23.7. The molecule has 15 heteroatoms. The Balaban J connectivity index is 1.14. The van der Waals surface area contributed by atoms with Crippen molar-refractivity contribution < 1.29 is 28.6 Å². The van der Waals surface area contributed by atoms with E-state index < -0.39 is 23.8 Å². The van der Waals surface area contributed by atoms with Gasteiger partial charge in [-0.05, 0) is 36.4 Å². The van der Waals surface area contributed by atoms with Gasteiger partial charge in [-0.15, -0.1) is 11.3 Å². The van der Waals surface area contributed by atoms with Crippen LogP contribution in [0.3, 0.4) is 0 Å². The van der Waals surface area contributed by atoms with Crippen LogP contribution in [0.25, 0.3) is 11.3 Å². The number of anilines is 1. The van der Waals surface area contributed by atoms with Crippen molar-refractivity contribution in [3.05, 3.63) is 111 Å². The summed E-state index contributed by atoms with van der Waals surface area (Å²) in [7, 11) is 1.30. The maximum atomic E-state index is 14.0. The zero-order valence-electron chi connectivity index (χ0n) is 26.0. The van der Waals surface area contributed by atoms with Gasteiger partial charge in [0, 0.05) is 78.0 Å². The molecule has 49 heavy (non-hydrogen) atoms. The zero-order valence-corrected chi connectivity index (χ0v) is 27.6. The lowest BCUT2D eigenvalue weighted by atomic mass is 9.95. The van der Waals surface area contributed by atoms with E-state index in [9.17, 15) is 23.9 Å². The van der Waals surface area contributed by atoms with E-state index in [1.807, 2.05) is 16.3 Å². The SMILES string of the molecule is COC(=O)C1=C(CN2CCN3C(=O)N(c4ccnc(-c5ccc(C(=O)O)cc5)c4)CC3C2)NC(c2nccs2)=NC1c1ccc(F)cc1Cl. The van der Waals surface area contributed by atoms with Gasteiger partial charge < -0.3 is 20.1 Å². The van der Waals surface area contributed by atoms with Crippen molar-refractivity contribution >= 4 is 52.4 Å². The Labute approximate surface area is 289 Å². The molecule has 3 aliphatic rings. The summed E-state index contributed by atoms with van der Waals surface area (Å²) < 4.78 is 19.2. The van der Waals surface area contributed by atoms with E-state index in [0.717, 1.165) is 5.56 Å². The number of methoxy groups -OCH3 is 1. The first-order valence-electron chi connectivity index (χ1n) is 15.3. The van der Waals surface area contributed by atoms with Gasteiger partial charge in [-0.25, -0.2) is 23.8 Å². The smallest absolute Gasteiger partial charge is 0.338 e. The van der Waals surface area contributed by atoms with Gasteiger partial charge >= 0.3 is 18.0 Å². The Kier molecular flexibility index (Phi) is 8.84. The largest absolute Gasteiger partial charge is 0.478 e. The maximum Gasteiger partial charge on any atom is 0.338 e. The van der Waals surface area contributed by atoms with Gasteiger partial charge in [-0.3, -0.25) is 19.8 Å². The normalized spacial score (nSPS) is 19.4. The highest BCUT2D eigenvalue weighted by Gasteiger charge is 2.42. The number of rotatable bonds is 8. The van der Waals surface area contributed by atoms with Gasteiger partial charge in [0.2, 0.25) is 0 Å². The third-order valence-electron chi connectivity index (χ3n) is 8.72. The number of carbonyl (C=O) groups excluding carboxylic acids is 2. The van der Waals surface area contributed by atoms with Crippen molar-refractivity contribution in [3.8, 4) is 11.3 Å². The van der Waals surface area contributed by atoms with Crippen LogP contribution in [0.5, 0.6) is 0 Å². The number of aromatic nitrogens is 2. The number of urea groups is 1. The van der Waals surface area contributed by atoms with E-state index in [1.54, 1.807) is 35.5 Å². The van der Waals surface area contributed by atoms with Crippen LogP contribution in [0.1, 0.15) is 27.0 Å². The molecule has 2 aromatic heterocycles. The number of piperazine rings is 1. The van der Waals surface area contributed by atoms with Crippen molar-refractivity contribution in [1.82, 2.24) is 25.1 Å². The first-order valence-corrected chi connectivity index (χ1v) is 16.6. The van der Waals surface area contributed by atoms with Crippen LogP contribution >= 0.6 is 22.9 Å². The summed E-state index contributed by atoms with van der Waals surface area (Å²) in [6.07, 6.45) is 3.29. The molecule has 12 nitrogen and oxygen atoms in total. The zero-order chi connectivity index (χ0) is 34.2. The number of aliphatic imine (C=N–C) groups is 1. The number of carbonyl (C=O) groups is 3. The molecule has 2 atom stereocenters. The minimum absolute atomic E-state index is 0.113. The van der Waals surface area contributed by atoms with E-state index in [-0.39, 0.29) is 28.2 Å². The number of fused-ring (bicyclic) bond motifs is 1. The molecule has 2 aromatic carbocycles. The minimum atomic E-state index is -1.01. The summed E-state index contributed by atoms with van der Waals surface area (Å²) in [5.74, 6) is -1.66. The number of aromatic carboxylic acids is 1. The number of ether oxygens (including phenoxy) is 1. The molecule has 2 fully saturated rings. The van der Waals surface area contributed by atoms with Crippen LogP contribution in [-0.4, -0.2) is 94.6 Å². The van der Waals surface area contributed by atoms with Crippen molar-refractivity contribution in [2.75, 3.05) is 44.7 Å². The van der Waals surface area contributed by atoms with Gasteiger partial charge in [0.05, 0.1) is 30.0 Å². The number of halogens is 2. The second kappa shape index (κ2) is 13.4. The Morgan fingerprint density at radius 2 is 1.90 bits per heavy atom. The molecule has 2 saturated heterocycles. The molecule has 0 spiro atoms. The van der Waals surface area contributed by atoms with E-state index in [1.165, 1.54) is 48.8 Å². The number of hydrogen-bond acceptors (Lipinski definition) is 10. The molecular formula is C34H29ClFN7O5S. The monoisotopic (exact) mass is 701 g/mol. The molecule has 4 aromatic rings. The molecule has 2 amide bonds. The number of benzene rings is 2. The predicted octanol–water partition coefficient (Wildman–Crippen LogP) is 4.84. The van der Waals surface area contributed by atoms with Crippen molar-refractivity contribution in [3.63, 3.8) is 0 Å². The van der Waals surface area contributed by atoms with Gasteiger partial charge in [0.15, 0.2) is 10.8 Å². The van der Waals surface area contributed by atoms with Crippen LogP contribution in [0.4, 0.5) is 14.9 Å². The summed E-state index contributed by atoms with van der Waals surface area (Å²) >= 11 is 7.88. The first kappa shape index (κ1) is 32.4. The van der Waals surface area contributed by atoms with Crippen LogP contribution in [0, 0.1) is 5.82 Å². The van der Waals surface area contributed by atoms with Gasteiger partial charge in [0.1, 0.15) is 11.9 Å². The Hall–Kier alpha value is -5.18. The lowest BCUT2D eigenvalue weighted by molar-refractivity contribution is -0.136. The number of hydrogen-bond donors (Lipinski definition) is 2. The van der Waals surface area contributed by atoms with Crippen molar-refractivity contribution in [2.45, 2.75) is 12.1 Å². The fraction of sp³-hybridized carbons (Fsp3) is 0.235. The molecule has 7 rings (SSSR count). The van der Waals surface area contributed by atoms with Gasteiger partial charge in [-0.2, -0.15) is 0 Å². The molecule has 250 valence electrons. The molecular weight excluding hydrogens is 673 g/mol. The van der Waals surface area contributed by atoms with Crippen molar-refractivity contribution in [2.24, 2.45) is 4.99 Å². The van der Waals surface area contributed by atoms with E-state index >= 15 is 0 Å². The highest BCUT2D eigenvalue weighted by molar-refractivity contribution is 7.11. The second-order valence-corrected chi connectivity index (χ2v) is 13.0. The predicted molar refractivity (Wildman–Crippen MR) is 181 cm³/mol. The Morgan fingerprint density at radius 3 is 2.61 bits per heavy atom. The van der Waals surface area contributed by atoms with E-state index in [2.05, 4.69) is 20.2 Å². The Bertz CT molecular complexity index is 2010. The number of amidine groups is 1. The second-order valence-electron chi connectivity index (χ2n) is 11.6. The maximum absolute atomic E-state index is 14.0. The van der Waals surface area contributed by atoms with Crippen LogP contribution in [0.15, 0.2) is 88.6 Å². The standard InChI is InChI=1S/C34H29ClFN7O5S/c1-48-33(46)28-27(39-30(31-38-10-13-49-31)40-29(28)24-7-6-21(36)14-25(24)35)18-41-11-12-42-23(16-41)17-43(34(42)47)22-8-9-37-26(15-22)19-2-4-20(5-3-19)32(44)45/h2-10,13-15,23,29H,11-12,16-18H2,1H3,(H,39,40)(H,44,45). The lowest BCUT2D eigenvalue weighted by Gasteiger charge is -2.38. The van der Waals surface area contributed by atoms with Crippen LogP contribution in [0.2, 0.25) is 5.02 Å². The molecule has 2 N–H and O–H groups in total. The fourth-order valence-electron chi connectivity index (χ4n) is 6.35. The molecule has 0 aliphatic carbocycles. The quantitative estimate of drug-likeness (QED) is 0.247. The lowest BCUT2D eigenvalue weighted by Crippen LogP contribution is -2.53. The van der Waals surface area contributed by atoms with Crippen LogP contribution < -0.4 is 10.2 Å². The Morgan fingerprint density at radius 1 is 1.08 bits per heavy atom. The summed E-state index contributed by atoms with van der Waals surface area (Å²) in [5, 5.41) is 15.1. The highest BCUT2D eigenvalue weighted by atomic mass is 35.5. The number of nitrogens with one attached hydrogen (secondary N) is 1. The van der Waals surface area contributed by atoms with Gasteiger partial charge in [0.25, 0.3) is 0 Å². The summed E-state index contributed by atoms with van der Waals surface area (Å²) in [6.45, 7) is 2.29.